The van der Waals surface area contributed by atoms with Gasteiger partial charge in [0.05, 0.1) is 0 Å². The Morgan fingerprint density at radius 2 is 2.00 bits per heavy atom. The normalized spacial score (nSPS) is 10.8. The van der Waals surface area contributed by atoms with E-state index < -0.39 is 11.6 Å². The summed E-state index contributed by atoms with van der Waals surface area (Å²) in [6, 6.07) is 3.49. The van der Waals surface area contributed by atoms with E-state index in [4.69, 9.17) is 10.5 Å². The molecule has 5 heteroatoms. The predicted octanol–water partition coefficient (Wildman–Crippen LogP) is 1.23. The molecule has 0 unspecified atom stereocenters. The summed E-state index contributed by atoms with van der Waals surface area (Å²) in [5, 5.41) is 0. The highest BCUT2D eigenvalue weighted by atomic mass is 19.2. The summed E-state index contributed by atoms with van der Waals surface area (Å²) in [5.41, 5.74) is 5.38. The molecule has 90 valence electrons. The average Bonchev–Trinajstić information content (AvgIpc) is 2.24. The Morgan fingerprint density at radius 1 is 1.25 bits per heavy atom. The molecule has 0 atom stereocenters. The number of rotatable bonds is 6. The van der Waals surface area contributed by atoms with E-state index in [1.54, 1.807) is 0 Å². The van der Waals surface area contributed by atoms with E-state index in [0.29, 0.717) is 25.4 Å². The first-order valence-electron chi connectivity index (χ1n) is 5.10. The van der Waals surface area contributed by atoms with Crippen LogP contribution in [0.3, 0.4) is 0 Å². The maximum atomic E-state index is 12.8. The molecule has 0 saturated heterocycles. The van der Waals surface area contributed by atoms with Crippen LogP contribution in [0.5, 0.6) is 5.75 Å². The van der Waals surface area contributed by atoms with Crippen LogP contribution in [0.15, 0.2) is 18.2 Å². The summed E-state index contributed by atoms with van der Waals surface area (Å²) >= 11 is 0. The molecule has 2 N–H and O–H groups in total. The van der Waals surface area contributed by atoms with Crippen molar-refractivity contribution in [1.29, 1.82) is 0 Å². The lowest BCUT2D eigenvalue weighted by Crippen LogP contribution is -2.29. The number of ether oxygens (including phenoxy) is 1. The maximum Gasteiger partial charge on any atom is 0.162 e. The molecule has 1 rings (SSSR count). The standard InChI is InChI=1S/C11H16F2N2O/c1-15(5-4-14)6-7-16-9-2-3-10(12)11(13)8-9/h2-3,8H,4-7,14H2,1H3. The van der Waals surface area contributed by atoms with Gasteiger partial charge in [0.1, 0.15) is 12.4 Å². The molecule has 0 bridgehead atoms. The highest BCUT2D eigenvalue weighted by molar-refractivity contribution is 5.23. The Labute approximate surface area is 93.8 Å². The van der Waals surface area contributed by atoms with Gasteiger partial charge in [-0.2, -0.15) is 0 Å². The SMILES string of the molecule is CN(CCN)CCOc1ccc(F)c(F)c1. The fourth-order valence-corrected chi connectivity index (χ4v) is 1.22. The van der Waals surface area contributed by atoms with Gasteiger partial charge in [0, 0.05) is 25.7 Å². The second-order valence-corrected chi connectivity index (χ2v) is 3.52. The van der Waals surface area contributed by atoms with Gasteiger partial charge in [0.25, 0.3) is 0 Å². The molecule has 1 aromatic carbocycles. The molecule has 0 aliphatic carbocycles. The van der Waals surface area contributed by atoms with E-state index in [-0.39, 0.29) is 0 Å². The number of hydrogen-bond donors (Lipinski definition) is 1. The van der Waals surface area contributed by atoms with Gasteiger partial charge in [0.15, 0.2) is 11.6 Å². The van der Waals surface area contributed by atoms with Crippen molar-refractivity contribution in [3.8, 4) is 5.75 Å². The first kappa shape index (κ1) is 12.9. The smallest absolute Gasteiger partial charge is 0.162 e. The molecule has 16 heavy (non-hydrogen) atoms. The first-order chi connectivity index (χ1) is 7.63. The van der Waals surface area contributed by atoms with E-state index in [9.17, 15) is 8.78 Å². The minimum atomic E-state index is -0.896. The minimum Gasteiger partial charge on any atom is -0.492 e. The van der Waals surface area contributed by atoms with Gasteiger partial charge in [0.2, 0.25) is 0 Å². The zero-order valence-electron chi connectivity index (χ0n) is 9.25. The lowest BCUT2D eigenvalue weighted by molar-refractivity contribution is 0.240. The zero-order chi connectivity index (χ0) is 12.0. The van der Waals surface area contributed by atoms with Crippen molar-refractivity contribution in [1.82, 2.24) is 4.90 Å². The Morgan fingerprint density at radius 3 is 2.62 bits per heavy atom. The lowest BCUT2D eigenvalue weighted by Gasteiger charge is -2.15. The molecule has 0 spiro atoms. The molecule has 0 radical (unpaired) electrons. The number of likely N-dealkylation sites (N-methyl/N-ethyl adjacent to an activating group) is 1. The minimum absolute atomic E-state index is 0.333. The van der Waals surface area contributed by atoms with E-state index in [1.807, 2.05) is 11.9 Å². The van der Waals surface area contributed by atoms with Crippen molar-refractivity contribution in [3.05, 3.63) is 29.8 Å². The summed E-state index contributed by atoms with van der Waals surface area (Å²) in [6.07, 6.45) is 0. The van der Waals surface area contributed by atoms with E-state index in [2.05, 4.69) is 0 Å². The molecule has 0 saturated carbocycles. The molecule has 0 aliphatic rings. The van der Waals surface area contributed by atoms with Gasteiger partial charge in [-0.15, -0.1) is 0 Å². The highest BCUT2D eigenvalue weighted by Crippen LogP contribution is 2.15. The van der Waals surface area contributed by atoms with Gasteiger partial charge in [-0.3, -0.25) is 0 Å². The van der Waals surface area contributed by atoms with Crippen LogP contribution in [0.25, 0.3) is 0 Å². The monoisotopic (exact) mass is 230 g/mol. The van der Waals surface area contributed by atoms with Gasteiger partial charge < -0.3 is 15.4 Å². The van der Waals surface area contributed by atoms with Gasteiger partial charge in [-0.05, 0) is 19.2 Å². The van der Waals surface area contributed by atoms with Crippen molar-refractivity contribution in [2.75, 3.05) is 33.3 Å². The Kier molecular flexibility index (Phi) is 5.14. The van der Waals surface area contributed by atoms with Crippen molar-refractivity contribution >= 4 is 0 Å². The fraction of sp³-hybridized carbons (Fsp3) is 0.455. The Balaban J connectivity index is 2.34. The van der Waals surface area contributed by atoms with Gasteiger partial charge in [-0.1, -0.05) is 0 Å². The Hall–Kier alpha value is -1.20. The fourth-order valence-electron chi connectivity index (χ4n) is 1.22. The first-order valence-corrected chi connectivity index (χ1v) is 5.10. The van der Waals surface area contributed by atoms with Crippen LogP contribution < -0.4 is 10.5 Å². The summed E-state index contributed by atoms with van der Waals surface area (Å²) in [4.78, 5) is 2.00. The summed E-state index contributed by atoms with van der Waals surface area (Å²) < 4.78 is 30.7. The van der Waals surface area contributed by atoms with Gasteiger partial charge in [-0.25, -0.2) is 8.78 Å². The number of benzene rings is 1. The largest absolute Gasteiger partial charge is 0.492 e. The molecule has 0 aromatic heterocycles. The number of halogens is 2. The third-order valence-corrected chi connectivity index (χ3v) is 2.14. The quantitative estimate of drug-likeness (QED) is 0.799. The molecule has 0 heterocycles. The van der Waals surface area contributed by atoms with Crippen LogP contribution in [-0.2, 0) is 0 Å². The number of nitrogens with two attached hydrogens (primary N) is 1. The molecular weight excluding hydrogens is 214 g/mol. The average molecular weight is 230 g/mol. The molecule has 0 fully saturated rings. The second kappa shape index (κ2) is 6.40. The lowest BCUT2D eigenvalue weighted by atomic mass is 10.3. The molecule has 0 amide bonds. The predicted molar refractivity (Wildman–Crippen MR) is 58.4 cm³/mol. The Bertz CT molecular complexity index is 334. The topological polar surface area (TPSA) is 38.5 Å². The maximum absolute atomic E-state index is 12.8. The van der Waals surface area contributed by atoms with E-state index >= 15 is 0 Å². The van der Waals surface area contributed by atoms with Crippen molar-refractivity contribution < 1.29 is 13.5 Å². The number of nitrogens with zero attached hydrogens (tertiary/aromatic N) is 1. The van der Waals surface area contributed by atoms with Gasteiger partial charge >= 0.3 is 0 Å². The summed E-state index contributed by atoms with van der Waals surface area (Å²) in [6.45, 7) is 2.47. The summed E-state index contributed by atoms with van der Waals surface area (Å²) in [7, 11) is 1.92. The van der Waals surface area contributed by atoms with Crippen molar-refractivity contribution in [2.24, 2.45) is 5.73 Å². The third kappa shape index (κ3) is 4.12. The van der Waals surface area contributed by atoms with E-state index in [1.165, 1.54) is 6.07 Å². The van der Waals surface area contributed by atoms with Crippen molar-refractivity contribution in [2.45, 2.75) is 0 Å². The molecule has 1 aromatic rings. The van der Waals surface area contributed by atoms with Crippen LogP contribution in [0.1, 0.15) is 0 Å². The molecule has 3 nitrogen and oxygen atoms in total. The van der Waals surface area contributed by atoms with Crippen LogP contribution in [0.4, 0.5) is 8.78 Å². The van der Waals surface area contributed by atoms with Crippen LogP contribution in [0.2, 0.25) is 0 Å². The zero-order valence-corrected chi connectivity index (χ0v) is 9.25. The van der Waals surface area contributed by atoms with Crippen LogP contribution >= 0.6 is 0 Å². The third-order valence-electron chi connectivity index (χ3n) is 2.14. The summed E-state index contributed by atoms with van der Waals surface area (Å²) in [5.74, 6) is -1.43. The second-order valence-electron chi connectivity index (χ2n) is 3.52. The molecule has 0 aliphatic heterocycles. The van der Waals surface area contributed by atoms with E-state index in [0.717, 1.165) is 18.7 Å². The van der Waals surface area contributed by atoms with Crippen molar-refractivity contribution in [3.63, 3.8) is 0 Å². The van der Waals surface area contributed by atoms with Crippen LogP contribution in [0, 0.1) is 11.6 Å². The highest BCUT2D eigenvalue weighted by Gasteiger charge is 2.03. The number of hydrogen-bond acceptors (Lipinski definition) is 3. The molecular formula is C11H16F2N2O. The van der Waals surface area contributed by atoms with Crippen LogP contribution in [-0.4, -0.2) is 38.2 Å².